The minimum atomic E-state index is -3.52. The van der Waals surface area contributed by atoms with Crippen molar-refractivity contribution in [2.45, 2.75) is 64.6 Å². The second kappa shape index (κ2) is 13.7. The average molecular weight is 535 g/mol. The third-order valence-electron chi connectivity index (χ3n) is 6.11. The van der Waals surface area contributed by atoms with Gasteiger partial charge in [-0.3, -0.25) is 9.10 Å². The van der Waals surface area contributed by atoms with E-state index >= 15 is 0 Å². The lowest BCUT2D eigenvalue weighted by Gasteiger charge is -2.23. The highest BCUT2D eigenvalue weighted by Gasteiger charge is 2.20. The van der Waals surface area contributed by atoms with E-state index in [4.69, 9.17) is 0 Å². The van der Waals surface area contributed by atoms with Crippen LogP contribution >= 0.6 is 0 Å². The molecule has 0 aliphatic heterocycles. The molecule has 2 rings (SSSR count). The number of halogens is 1. The third-order valence-corrected chi connectivity index (χ3v) is 7.31. The summed E-state index contributed by atoms with van der Waals surface area (Å²) in [7, 11) is -2.04. The van der Waals surface area contributed by atoms with Crippen molar-refractivity contribution in [1.82, 2.24) is 5.32 Å². The molecule has 0 aromatic heterocycles. The predicted molar refractivity (Wildman–Crippen MR) is 147 cm³/mol. The normalized spacial score (nSPS) is 13.6. The predicted octanol–water partition coefficient (Wildman–Crippen LogP) is 4.44. The van der Waals surface area contributed by atoms with E-state index in [1.54, 1.807) is 36.4 Å². The van der Waals surface area contributed by atoms with Crippen LogP contribution in [-0.4, -0.2) is 56.6 Å². The molecule has 1 amide bonds. The lowest BCUT2D eigenvalue weighted by Crippen LogP contribution is -2.29. The fraction of sp³-hybridized carbons (Fsp3) is 0.464. The van der Waals surface area contributed by atoms with Crippen molar-refractivity contribution < 1.29 is 27.8 Å². The number of sulfonamides is 1. The van der Waals surface area contributed by atoms with Crippen molar-refractivity contribution in [3.05, 3.63) is 59.4 Å². The maximum Gasteiger partial charge on any atom is 0.231 e. The Morgan fingerprint density at radius 3 is 2.38 bits per heavy atom. The van der Waals surface area contributed by atoms with Gasteiger partial charge in [-0.1, -0.05) is 51.5 Å². The molecule has 2 atom stereocenters. The minimum absolute atomic E-state index is 0.00121. The van der Waals surface area contributed by atoms with Crippen LogP contribution in [-0.2, 0) is 14.8 Å². The van der Waals surface area contributed by atoms with Crippen LogP contribution in [0.1, 0.15) is 63.5 Å². The van der Waals surface area contributed by atoms with Gasteiger partial charge in [-0.2, -0.15) is 0 Å². The van der Waals surface area contributed by atoms with Crippen LogP contribution in [0, 0.1) is 5.82 Å². The molecule has 2 aromatic carbocycles. The van der Waals surface area contributed by atoms with Gasteiger partial charge in [-0.05, 0) is 58.9 Å². The molecule has 0 saturated carbocycles. The SMILES string of the molecule is CCCCNC(=O)CC(O)CC(O)/C=C/c1c(-c2ccc(F)cc2)cc(N(C)S(C)(=O)=O)cc1C(C)C. The van der Waals surface area contributed by atoms with Gasteiger partial charge in [0.2, 0.25) is 15.9 Å². The van der Waals surface area contributed by atoms with Crippen LogP contribution in [0.3, 0.4) is 0 Å². The zero-order valence-electron chi connectivity index (χ0n) is 22.2. The smallest absolute Gasteiger partial charge is 0.231 e. The number of aliphatic hydroxyl groups excluding tert-OH is 2. The molecule has 0 aliphatic rings. The largest absolute Gasteiger partial charge is 0.392 e. The molecule has 204 valence electrons. The van der Waals surface area contributed by atoms with Crippen LogP contribution in [0.25, 0.3) is 17.2 Å². The molecule has 37 heavy (non-hydrogen) atoms. The molecule has 2 unspecified atom stereocenters. The van der Waals surface area contributed by atoms with E-state index in [0.29, 0.717) is 23.4 Å². The van der Waals surface area contributed by atoms with Crippen LogP contribution in [0.15, 0.2) is 42.5 Å². The zero-order chi connectivity index (χ0) is 27.8. The lowest BCUT2D eigenvalue weighted by atomic mass is 9.88. The van der Waals surface area contributed by atoms with Gasteiger partial charge in [0.05, 0.1) is 30.6 Å². The molecule has 2 aromatic rings. The Morgan fingerprint density at radius 2 is 1.81 bits per heavy atom. The zero-order valence-corrected chi connectivity index (χ0v) is 23.1. The monoisotopic (exact) mass is 534 g/mol. The van der Waals surface area contributed by atoms with Crippen LogP contribution < -0.4 is 9.62 Å². The van der Waals surface area contributed by atoms with Crippen molar-refractivity contribution >= 4 is 27.7 Å². The number of rotatable bonds is 13. The first kappa shape index (κ1) is 30.5. The van der Waals surface area contributed by atoms with E-state index in [9.17, 15) is 27.8 Å². The second-order valence-electron chi connectivity index (χ2n) is 9.61. The Balaban J connectivity index is 2.40. The number of carbonyl (C=O) groups is 1. The molecule has 0 fully saturated rings. The van der Waals surface area contributed by atoms with Crippen molar-refractivity contribution in [1.29, 1.82) is 0 Å². The number of nitrogens with one attached hydrogen (secondary N) is 1. The van der Waals surface area contributed by atoms with Crippen LogP contribution in [0.2, 0.25) is 0 Å². The summed E-state index contributed by atoms with van der Waals surface area (Å²) in [4.78, 5) is 11.9. The summed E-state index contributed by atoms with van der Waals surface area (Å²) in [6.45, 7) is 6.53. The highest BCUT2D eigenvalue weighted by molar-refractivity contribution is 7.92. The second-order valence-corrected chi connectivity index (χ2v) is 11.6. The van der Waals surface area contributed by atoms with Gasteiger partial charge < -0.3 is 15.5 Å². The average Bonchev–Trinajstić information content (AvgIpc) is 2.81. The number of amides is 1. The molecule has 7 nitrogen and oxygen atoms in total. The maximum absolute atomic E-state index is 13.6. The fourth-order valence-electron chi connectivity index (χ4n) is 3.90. The molecule has 0 aliphatic carbocycles. The van der Waals surface area contributed by atoms with E-state index in [1.807, 2.05) is 20.8 Å². The summed E-state index contributed by atoms with van der Waals surface area (Å²) in [6.07, 6.45) is 4.08. The Hall–Kier alpha value is -2.75. The Kier molecular flexibility index (Phi) is 11.3. The van der Waals surface area contributed by atoms with Gasteiger partial charge in [-0.25, -0.2) is 12.8 Å². The molecular formula is C28H39FN2O5S. The highest BCUT2D eigenvalue weighted by Crippen LogP contribution is 2.36. The van der Waals surface area contributed by atoms with E-state index in [2.05, 4.69) is 5.32 Å². The Morgan fingerprint density at radius 1 is 1.16 bits per heavy atom. The van der Waals surface area contributed by atoms with Gasteiger partial charge >= 0.3 is 0 Å². The van der Waals surface area contributed by atoms with Crippen LogP contribution in [0.5, 0.6) is 0 Å². The molecule has 0 bridgehead atoms. The van der Waals surface area contributed by atoms with Gasteiger partial charge in [0.15, 0.2) is 0 Å². The fourth-order valence-corrected chi connectivity index (χ4v) is 4.39. The number of nitrogens with zero attached hydrogens (tertiary/aromatic N) is 1. The van der Waals surface area contributed by atoms with Crippen molar-refractivity contribution in [3.8, 4) is 11.1 Å². The summed E-state index contributed by atoms with van der Waals surface area (Å²) >= 11 is 0. The van der Waals surface area contributed by atoms with E-state index < -0.39 is 28.0 Å². The molecule has 0 heterocycles. The van der Waals surface area contributed by atoms with Crippen LogP contribution in [0.4, 0.5) is 10.1 Å². The molecule has 9 heteroatoms. The summed E-state index contributed by atoms with van der Waals surface area (Å²) in [5, 5.41) is 23.6. The number of unbranched alkanes of at least 4 members (excludes halogenated alkanes) is 1. The number of hydrogen-bond donors (Lipinski definition) is 3. The number of hydrogen-bond acceptors (Lipinski definition) is 5. The Bertz CT molecular complexity index is 1180. The van der Waals surface area contributed by atoms with Gasteiger partial charge in [0.25, 0.3) is 0 Å². The van der Waals surface area contributed by atoms with Gasteiger partial charge in [0.1, 0.15) is 5.82 Å². The number of anilines is 1. The van der Waals surface area contributed by atoms with Gasteiger partial charge in [0, 0.05) is 20.0 Å². The lowest BCUT2D eigenvalue weighted by molar-refractivity contribution is -0.123. The summed E-state index contributed by atoms with van der Waals surface area (Å²) < 4.78 is 39.3. The van der Waals surface area contributed by atoms with Gasteiger partial charge in [-0.15, -0.1) is 0 Å². The summed E-state index contributed by atoms with van der Waals surface area (Å²) in [5.74, 6) is -0.651. The topological polar surface area (TPSA) is 107 Å². The molecule has 0 spiro atoms. The first-order valence-corrected chi connectivity index (χ1v) is 14.4. The van der Waals surface area contributed by atoms with Crippen molar-refractivity contribution in [2.75, 3.05) is 24.2 Å². The quantitative estimate of drug-likeness (QED) is 0.329. The van der Waals surface area contributed by atoms with Crippen molar-refractivity contribution in [3.63, 3.8) is 0 Å². The standard InChI is InChI=1S/C28H39FN2O5S/c1-6-7-14-30-28(34)18-24(33)17-23(32)12-13-25-26(19(2)3)15-22(31(4)37(5,35)36)16-27(25)20-8-10-21(29)11-9-20/h8-13,15-16,19,23-24,32-33H,6-7,14,17-18H2,1-5H3,(H,30,34)/b13-12+. The number of carbonyl (C=O) groups excluding carboxylic acids is 1. The molecular weight excluding hydrogens is 495 g/mol. The van der Waals surface area contributed by atoms with Crippen molar-refractivity contribution in [2.24, 2.45) is 0 Å². The molecule has 3 N–H and O–H groups in total. The Labute approximate surface area is 220 Å². The first-order valence-electron chi connectivity index (χ1n) is 12.5. The first-order chi connectivity index (χ1) is 17.3. The highest BCUT2D eigenvalue weighted by atomic mass is 32.2. The van der Waals surface area contributed by atoms with E-state index in [0.717, 1.165) is 30.2 Å². The number of benzene rings is 2. The summed E-state index contributed by atoms with van der Waals surface area (Å²) in [5.41, 5.74) is 3.42. The minimum Gasteiger partial charge on any atom is -0.392 e. The molecule has 0 saturated heterocycles. The number of aliphatic hydroxyl groups is 2. The maximum atomic E-state index is 13.6. The molecule has 0 radical (unpaired) electrons. The van der Waals surface area contributed by atoms with E-state index in [1.165, 1.54) is 23.5 Å². The summed E-state index contributed by atoms with van der Waals surface area (Å²) in [6, 6.07) is 9.42. The third kappa shape index (κ3) is 9.25. The van der Waals surface area contributed by atoms with E-state index in [-0.39, 0.29) is 24.7 Å².